The van der Waals surface area contributed by atoms with Gasteiger partial charge in [-0.3, -0.25) is 9.59 Å². The number of rotatable bonds is 7. The van der Waals surface area contributed by atoms with Gasteiger partial charge in [-0.15, -0.1) is 0 Å². The predicted molar refractivity (Wildman–Crippen MR) is 125 cm³/mol. The van der Waals surface area contributed by atoms with Gasteiger partial charge in [0.15, 0.2) is 0 Å². The minimum atomic E-state index is -0.965. The summed E-state index contributed by atoms with van der Waals surface area (Å²) in [6.07, 6.45) is 5.99. The molecule has 8 heteroatoms. The van der Waals surface area contributed by atoms with E-state index in [0.29, 0.717) is 11.1 Å². The van der Waals surface area contributed by atoms with Crippen molar-refractivity contribution in [1.29, 1.82) is 0 Å². The van der Waals surface area contributed by atoms with E-state index in [1.165, 1.54) is 4.90 Å². The van der Waals surface area contributed by atoms with Crippen LogP contribution in [0.4, 0.5) is 4.79 Å². The van der Waals surface area contributed by atoms with Crippen LogP contribution in [0.2, 0.25) is 0 Å². The maximum absolute atomic E-state index is 13.6. The molecule has 0 bridgehead atoms. The number of nitrogens with one attached hydrogen (secondary N) is 2. The number of carbonyl (C=O) groups excluding carboxylic acids is 3. The van der Waals surface area contributed by atoms with Gasteiger partial charge in [0, 0.05) is 17.6 Å². The molecule has 3 rings (SSSR count). The Kier molecular flexibility index (Phi) is 7.87. The van der Waals surface area contributed by atoms with Gasteiger partial charge in [-0.2, -0.15) is 0 Å². The van der Waals surface area contributed by atoms with Gasteiger partial charge in [-0.1, -0.05) is 37.5 Å². The first kappa shape index (κ1) is 24.9. The highest BCUT2D eigenvalue weighted by atomic mass is 16.6. The van der Waals surface area contributed by atoms with Crippen molar-refractivity contribution in [2.75, 3.05) is 6.54 Å². The summed E-state index contributed by atoms with van der Waals surface area (Å²) < 4.78 is 5.23. The van der Waals surface area contributed by atoms with Crippen LogP contribution >= 0.6 is 0 Å². The maximum Gasteiger partial charge on any atom is 0.408 e. The second-order valence-corrected chi connectivity index (χ2v) is 10.1. The Morgan fingerprint density at radius 2 is 1.79 bits per heavy atom. The van der Waals surface area contributed by atoms with E-state index in [2.05, 4.69) is 10.6 Å². The maximum atomic E-state index is 13.6. The Labute approximate surface area is 196 Å². The molecule has 0 heterocycles. The summed E-state index contributed by atoms with van der Waals surface area (Å²) in [6.45, 7) is 6.72. The first-order chi connectivity index (χ1) is 15.6. The highest BCUT2D eigenvalue weighted by Gasteiger charge is 2.42. The Hall–Kier alpha value is -2.77. The lowest BCUT2D eigenvalue weighted by Crippen LogP contribution is -2.50. The first-order valence-electron chi connectivity index (χ1n) is 11.9. The molecule has 3 N–H and O–H groups in total. The Balaban J connectivity index is 1.84. The number of alkyl carbamates (subject to hydrolysis) is 1. The molecule has 2 saturated carbocycles. The second-order valence-electron chi connectivity index (χ2n) is 10.1. The normalized spacial score (nSPS) is 17.7. The molecule has 33 heavy (non-hydrogen) atoms. The summed E-state index contributed by atoms with van der Waals surface area (Å²) in [5.41, 5.74) is 0.359. The van der Waals surface area contributed by atoms with Crippen LogP contribution in [0.25, 0.3) is 0 Å². The molecule has 0 saturated heterocycles. The third-order valence-electron chi connectivity index (χ3n) is 6.05. The van der Waals surface area contributed by atoms with Gasteiger partial charge in [0.2, 0.25) is 11.8 Å². The number of ether oxygens (including phenoxy) is 1. The summed E-state index contributed by atoms with van der Waals surface area (Å²) in [5, 5.41) is 16.4. The van der Waals surface area contributed by atoms with Crippen LogP contribution in [-0.4, -0.2) is 52.1 Å². The Morgan fingerprint density at radius 3 is 2.39 bits per heavy atom. The van der Waals surface area contributed by atoms with Gasteiger partial charge in [0.25, 0.3) is 0 Å². The second kappa shape index (κ2) is 10.4. The Morgan fingerprint density at radius 1 is 1.12 bits per heavy atom. The standard InChI is InChI=1S/C25H37N3O5/c1-16-9-8-12-19(22(16)30)21(23(31)27-17-10-6-5-7-11-17)28(18-13-14-18)20(29)15-26-24(32)33-25(2,3)4/h8-9,12,17-18,21,30H,5-7,10-11,13-15H2,1-4H3,(H,26,32)(H,27,31). The van der Waals surface area contributed by atoms with Gasteiger partial charge in [-0.25, -0.2) is 4.79 Å². The molecule has 8 nitrogen and oxygen atoms in total. The van der Waals surface area contributed by atoms with Gasteiger partial charge in [0.1, 0.15) is 23.9 Å². The number of nitrogens with zero attached hydrogens (tertiary/aromatic N) is 1. The van der Waals surface area contributed by atoms with Crippen LogP contribution in [-0.2, 0) is 14.3 Å². The zero-order valence-corrected chi connectivity index (χ0v) is 20.1. The molecule has 1 atom stereocenters. The van der Waals surface area contributed by atoms with E-state index in [-0.39, 0.29) is 36.2 Å². The lowest BCUT2D eigenvalue weighted by atomic mass is 9.94. The molecule has 1 unspecified atom stereocenters. The smallest absolute Gasteiger partial charge is 0.408 e. The number of phenols is 1. The SMILES string of the molecule is Cc1cccc(C(C(=O)NC2CCCCC2)N(C(=O)CNC(=O)OC(C)(C)C)C2CC2)c1O. The lowest BCUT2D eigenvalue weighted by molar-refractivity contribution is -0.141. The fourth-order valence-electron chi connectivity index (χ4n) is 4.31. The van der Waals surface area contributed by atoms with E-state index >= 15 is 0 Å². The number of para-hydroxylation sites is 1. The molecular weight excluding hydrogens is 422 g/mol. The number of benzene rings is 1. The molecule has 182 valence electrons. The van der Waals surface area contributed by atoms with Crippen LogP contribution in [0.1, 0.15) is 82.9 Å². The number of amides is 3. The van der Waals surface area contributed by atoms with Crippen LogP contribution in [0, 0.1) is 6.92 Å². The van der Waals surface area contributed by atoms with E-state index in [1.807, 2.05) is 0 Å². The van der Waals surface area contributed by atoms with Crippen molar-refractivity contribution >= 4 is 17.9 Å². The number of aryl methyl sites for hydroxylation is 1. The fraction of sp³-hybridized carbons (Fsp3) is 0.640. The fourth-order valence-corrected chi connectivity index (χ4v) is 4.31. The van der Waals surface area contributed by atoms with E-state index < -0.39 is 17.7 Å². The summed E-state index contributed by atoms with van der Waals surface area (Å²) in [5.74, 6) is -0.659. The molecule has 0 aliphatic heterocycles. The highest BCUT2D eigenvalue weighted by molar-refractivity contribution is 5.91. The van der Waals surface area contributed by atoms with Crippen molar-refractivity contribution in [3.63, 3.8) is 0 Å². The van der Waals surface area contributed by atoms with Gasteiger partial charge in [0.05, 0.1) is 0 Å². The molecule has 2 aliphatic carbocycles. The third-order valence-corrected chi connectivity index (χ3v) is 6.05. The van der Waals surface area contributed by atoms with Crippen molar-refractivity contribution < 1.29 is 24.2 Å². The van der Waals surface area contributed by atoms with E-state index in [9.17, 15) is 19.5 Å². The van der Waals surface area contributed by atoms with Crippen LogP contribution < -0.4 is 10.6 Å². The predicted octanol–water partition coefficient (Wildman–Crippen LogP) is 3.71. The van der Waals surface area contributed by atoms with Crippen molar-refractivity contribution in [3.8, 4) is 5.75 Å². The van der Waals surface area contributed by atoms with Crippen LogP contribution in [0.3, 0.4) is 0 Å². The number of aromatic hydroxyl groups is 1. The summed E-state index contributed by atoms with van der Waals surface area (Å²) >= 11 is 0. The molecule has 0 radical (unpaired) electrons. The van der Waals surface area contributed by atoms with Crippen molar-refractivity contribution in [3.05, 3.63) is 29.3 Å². The Bertz CT molecular complexity index is 869. The zero-order valence-electron chi connectivity index (χ0n) is 20.1. The molecule has 1 aromatic carbocycles. The van der Waals surface area contributed by atoms with E-state index in [4.69, 9.17) is 4.74 Å². The molecule has 2 fully saturated rings. The average Bonchev–Trinajstić information content (AvgIpc) is 3.57. The molecule has 0 spiro atoms. The number of hydrogen-bond acceptors (Lipinski definition) is 5. The van der Waals surface area contributed by atoms with E-state index in [1.54, 1.807) is 45.9 Å². The largest absolute Gasteiger partial charge is 0.507 e. The van der Waals surface area contributed by atoms with Gasteiger partial charge < -0.3 is 25.4 Å². The van der Waals surface area contributed by atoms with Gasteiger partial charge in [-0.05, 0) is 58.9 Å². The van der Waals surface area contributed by atoms with Crippen LogP contribution in [0.15, 0.2) is 18.2 Å². The lowest BCUT2D eigenvalue weighted by Gasteiger charge is -2.34. The minimum absolute atomic E-state index is 0.0137. The zero-order chi connectivity index (χ0) is 24.2. The highest BCUT2D eigenvalue weighted by Crippen LogP contribution is 2.39. The van der Waals surface area contributed by atoms with Crippen molar-refractivity contribution in [2.24, 2.45) is 0 Å². The molecular formula is C25H37N3O5. The van der Waals surface area contributed by atoms with Gasteiger partial charge >= 0.3 is 6.09 Å². The first-order valence-corrected chi connectivity index (χ1v) is 11.9. The summed E-state index contributed by atoms with van der Waals surface area (Å²) in [4.78, 5) is 40.5. The molecule has 2 aliphatic rings. The minimum Gasteiger partial charge on any atom is -0.507 e. The number of hydrogen-bond donors (Lipinski definition) is 3. The average molecular weight is 460 g/mol. The summed E-state index contributed by atoms with van der Waals surface area (Å²) in [6, 6.07) is 4.23. The van der Waals surface area contributed by atoms with Crippen molar-refractivity contribution in [2.45, 2.75) is 96.4 Å². The molecule has 3 amide bonds. The topological polar surface area (TPSA) is 108 Å². The van der Waals surface area contributed by atoms with E-state index in [0.717, 1.165) is 44.9 Å². The number of phenolic OH excluding ortho intramolecular Hbond substituents is 1. The quantitative estimate of drug-likeness (QED) is 0.576. The summed E-state index contributed by atoms with van der Waals surface area (Å²) in [7, 11) is 0. The third kappa shape index (κ3) is 6.85. The molecule has 1 aromatic rings. The molecule has 0 aromatic heterocycles. The van der Waals surface area contributed by atoms with Crippen LogP contribution in [0.5, 0.6) is 5.75 Å². The monoisotopic (exact) mass is 459 g/mol. The van der Waals surface area contributed by atoms with Crippen molar-refractivity contribution in [1.82, 2.24) is 15.5 Å². The number of carbonyl (C=O) groups is 3.